The molecular formula is C15H20BrNO. The van der Waals surface area contributed by atoms with Gasteiger partial charge in [0.25, 0.3) is 5.91 Å². The van der Waals surface area contributed by atoms with E-state index >= 15 is 0 Å². The van der Waals surface area contributed by atoms with Crippen molar-refractivity contribution in [2.24, 2.45) is 5.92 Å². The molecule has 3 heteroatoms. The van der Waals surface area contributed by atoms with Gasteiger partial charge in [-0.15, -0.1) is 0 Å². The minimum atomic E-state index is 0.0571. The normalized spacial score (nSPS) is 23.7. The van der Waals surface area contributed by atoms with E-state index in [0.717, 1.165) is 22.9 Å². The van der Waals surface area contributed by atoms with Gasteiger partial charge in [-0.1, -0.05) is 48.2 Å². The zero-order valence-corrected chi connectivity index (χ0v) is 12.4. The van der Waals surface area contributed by atoms with E-state index in [1.54, 1.807) is 0 Å². The Morgan fingerprint density at radius 3 is 2.89 bits per heavy atom. The van der Waals surface area contributed by atoms with Crippen LogP contribution in [0.2, 0.25) is 0 Å². The molecule has 1 aromatic rings. The van der Waals surface area contributed by atoms with E-state index in [-0.39, 0.29) is 5.91 Å². The Labute approximate surface area is 117 Å². The van der Waals surface area contributed by atoms with Gasteiger partial charge in [0.1, 0.15) is 0 Å². The first kappa shape index (κ1) is 13.6. The molecule has 0 aliphatic heterocycles. The Kier molecular flexibility index (Phi) is 4.81. The molecule has 0 radical (unpaired) electrons. The summed E-state index contributed by atoms with van der Waals surface area (Å²) in [7, 11) is 0. The lowest BCUT2D eigenvalue weighted by atomic mass is 9.83. The summed E-state index contributed by atoms with van der Waals surface area (Å²) in [6.45, 7) is 2.22. The summed E-state index contributed by atoms with van der Waals surface area (Å²) in [5, 5.41) is 3.20. The number of benzene rings is 1. The number of halogens is 1. The van der Waals surface area contributed by atoms with Crippen molar-refractivity contribution < 1.29 is 4.79 Å². The molecule has 2 atom stereocenters. The summed E-state index contributed by atoms with van der Waals surface area (Å²) in [6.07, 6.45) is 6.07. The molecule has 1 aliphatic carbocycles. The molecule has 1 saturated carbocycles. The number of carbonyl (C=O) groups excluding carboxylic acids is 1. The van der Waals surface area contributed by atoms with Crippen LogP contribution in [0.15, 0.2) is 28.7 Å². The summed E-state index contributed by atoms with van der Waals surface area (Å²) >= 11 is 3.40. The molecule has 0 spiro atoms. The molecule has 0 heterocycles. The quantitative estimate of drug-likeness (QED) is 0.893. The van der Waals surface area contributed by atoms with Crippen LogP contribution in [0, 0.1) is 5.92 Å². The van der Waals surface area contributed by atoms with Crippen LogP contribution in [0.25, 0.3) is 0 Å². The minimum absolute atomic E-state index is 0.0571. The van der Waals surface area contributed by atoms with E-state index in [4.69, 9.17) is 0 Å². The van der Waals surface area contributed by atoms with Crippen molar-refractivity contribution in [1.82, 2.24) is 5.32 Å². The van der Waals surface area contributed by atoms with Gasteiger partial charge in [0.2, 0.25) is 0 Å². The predicted molar refractivity (Wildman–Crippen MR) is 77.6 cm³/mol. The van der Waals surface area contributed by atoms with Gasteiger partial charge in [-0.25, -0.2) is 0 Å². The van der Waals surface area contributed by atoms with Crippen molar-refractivity contribution in [3.63, 3.8) is 0 Å². The lowest BCUT2D eigenvalue weighted by Gasteiger charge is -2.31. The first-order chi connectivity index (χ1) is 8.70. The lowest BCUT2D eigenvalue weighted by molar-refractivity contribution is 0.0904. The highest BCUT2D eigenvalue weighted by atomic mass is 79.9. The molecule has 0 aromatic heterocycles. The average molecular weight is 310 g/mol. The fraction of sp³-hybridized carbons (Fsp3) is 0.533. The third-order valence-corrected chi connectivity index (χ3v) is 4.33. The molecule has 1 fully saturated rings. The van der Waals surface area contributed by atoms with Crippen LogP contribution in [0.3, 0.4) is 0 Å². The molecule has 1 aromatic carbocycles. The third kappa shape index (κ3) is 3.35. The average Bonchev–Trinajstić information content (AvgIpc) is 2.39. The van der Waals surface area contributed by atoms with Crippen LogP contribution in [0.1, 0.15) is 49.4 Å². The Bertz CT molecular complexity index is 419. The summed E-state index contributed by atoms with van der Waals surface area (Å²) in [4.78, 5) is 12.2. The maximum absolute atomic E-state index is 12.2. The van der Waals surface area contributed by atoms with Crippen molar-refractivity contribution >= 4 is 21.8 Å². The van der Waals surface area contributed by atoms with Crippen molar-refractivity contribution in [3.05, 3.63) is 34.3 Å². The van der Waals surface area contributed by atoms with E-state index in [9.17, 15) is 4.79 Å². The Morgan fingerprint density at radius 1 is 1.39 bits per heavy atom. The summed E-state index contributed by atoms with van der Waals surface area (Å²) in [5.41, 5.74) is 0.741. The standard InChI is InChI=1S/C15H20BrNO/c1-2-11-6-3-4-9-14(11)17-15(18)12-7-5-8-13(16)10-12/h5,7-8,10-11,14H,2-4,6,9H2,1H3,(H,17,18). The third-order valence-electron chi connectivity index (χ3n) is 3.84. The Balaban J connectivity index is 2.02. The first-order valence-electron chi connectivity index (χ1n) is 6.77. The number of nitrogens with one attached hydrogen (secondary N) is 1. The largest absolute Gasteiger partial charge is 0.349 e. The van der Waals surface area contributed by atoms with Crippen molar-refractivity contribution in [1.29, 1.82) is 0 Å². The molecule has 18 heavy (non-hydrogen) atoms. The lowest BCUT2D eigenvalue weighted by Crippen LogP contribution is -2.41. The monoisotopic (exact) mass is 309 g/mol. The molecule has 1 aliphatic rings. The Morgan fingerprint density at radius 2 is 2.17 bits per heavy atom. The van der Waals surface area contributed by atoms with E-state index in [1.807, 2.05) is 24.3 Å². The van der Waals surface area contributed by atoms with Gasteiger partial charge < -0.3 is 5.32 Å². The number of amides is 1. The van der Waals surface area contributed by atoms with Gasteiger partial charge in [0.05, 0.1) is 0 Å². The van der Waals surface area contributed by atoms with Crippen LogP contribution in [0.4, 0.5) is 0 Å². The highest BCUT2D eigenvalue weighted by Gasteiger charge is 2.25. The van der Waals surface area contributed by atoms with Gasteiger partial charge in [-0.05, 0) is 37.0 Å². The minimum Gasteiger partial charge on any atom is -0.349 e. The van der Waals surface area contributed by atoms with Crippen LogP contribution >= 0.6 is 15.9 Å². The number of hydrogen-bond donors (Lipinski definition) is 1. The second-order valence-electron chi connectivity index (χ2n) is 5.04. The zero-order chi connectivity index (χ0) is 13.0. The molecule has 2 nitrogen and oxygen atoms in total. The fourth-order valence-corrected chi connectivity index (χ4v) is 3.17. The molecule has 2 unspecified atom stereocenters. The first-order valence-corrected chi connectivity index (χ1v) is 7.56. The van der Waals surface area contributed by atoms with Crippen LogP contribution in [-0.2, 0) is 0 Å². The molecule has 98 valence electrons. The van der Waals surface area contributed by atoms with Crippen LogP contribution < -0.4 is 5.32 Å². The van der Waals surface area contributed by atoms with E-state index in [0.29, 0.717) is 12.0 Å². The maximum atomic E-state index is 12.2. The van der Waals surface area contributed by atoms with Crippen LogP contribution in [-0.4, -0.2) is 11.9 Å². The summed E-state index contributed by atoms with van der Waals surface area (Å²) in [6, 6.07) is 7.93. The number of hydrogen-bond acceptors (Lipinski definition) is 1. The zero-order valence-electron chi connectivity index (χ0n) is 10.8. The SMILES string of the molecule is CCC1CCCCC1NC(=O)c1cccc(Br)c1. The van der Waals surface area contributed by atoms with Crippen molar-refractivity contribution in [3.8, 4) is 0 Å². The van der Waals surface area contributed by atoms with Gasteiger partial charge in [-0.2, -0.15) is 0 Å². The van der Waals surface area contributed by atoms with E-state index in [2.05, 4.69) is 28.2 Å². The predicted octanol–water partition coefficient (Wildman–Crippen LogP) is 4.15. The highest BCUT2D eigenvalue weighted by Crippen LogP contribution is 2.27. The van der Waals surface area contributed by atoms with Gasteiger partial charge in [0.15, 0.2) is 0 Å². The number of carbonyl (C=O) groups is 1. The van der Waals surface area contributed by atoms with E-state index < -0.39 is 0 Å². The summed E-state index contributed by atoms with van der Waals surface area (Å²) in [5.74, 6) is 0.705. The van der Waals surface area contributed by atoms with Gasteiger partial charge >= 0.3 is 0 Å². The molecule has 1 amide bonds. The second-order valence-corrected chi connectivity index (χ2v) is 5.96. The molecular weight excluding hydrogens is 290 g/mol. The van der Waals surface area contributed by atoms with E-state index in [1.165, 1.54) is 19.3 Å². The molecule has 0 bridgehead atoms. The molecule has 0 saturated heterocycles. The van der Waals surface area contributed by atoms with Gasteiger partial charge in [-0.3, -0.25) is 4.79 Å². The second kappa shape index (κ2) is 6.37. The maximum Gasteiger partial charge on any atom is 0.251 e. The Hall–Kier alpha value is -0.830. The summed E-state index contributed by atoms with van der Waals surface area (Å²) < 4.78 is 0.950. The van der Waals surface area contributed by atoms with Gasteiger partial charge in [0, 0.05) is 16.1 Å². The van der Waals surface area contributed by atoms with Crippen LogP contribution in [0.5, 0.6) is 0 Å². The molecule has 1 N–H and O–H groups in total. The smallest absolute Gasteiger partial charge is 0.251 e. The topological polar surface area (TPSA) is 29.1 Å². The fourth-order valence-electron chi connectivity index (χ4n) is 2.77. The molecule has 2 rings (SSSR count). The highest BCUT2D eigenvalue weighted by molar-refractivity contribution is 9.10. The van der Waals surface area contributed by atoms with Crippen molar-refractivity contribution in [2.75, 3.05) is 0 Å². The van der Waals surface area contributed by atoms with Crippen molar-refractivity contribution in [2.45, 2.75) is 45.1 Å². The number of rotatable bonds is 3.